The van der Waals surface area contributed by atoms with E-state index in [2.05, 4.69) is 22.4 Å². The highest BCUT2D eigenvalue weighted by Gasteiger charge is 2.30. The van der Waals surface area contributed by atoms with E-state index in [4.69, 9.17) is 11.6 Å². The van der Waals surface area contributed by atoms with E-state index >= 15 is 0 Å². The smallest absolute Gasteiger partial charge is 0.321 e. The van der Waals surface area contributed by atoms with Crippen molar-refractivity contribution in [2.75, 3.05) is 50.5 Å². The first-order valence-electron chi connectivity index (χ1n) is 7.97. The molecule has 0 aliphatic carbocycles. The van der Waals surface area contributed by atoms with E-state index in [1.54, 1.807) is 0 Å². The number of hydrogen-bond acceptors (Lipinski definition) is 3. The third-order valence-corrected chi connectivity index (χ3v) is 4.79. The second-order valence-corrected chi connectivity index (χ2v) is 6.68. The highest BCUT2D eigenvalue weighted by molar-refractivity contribution is 6.34. The Morgan fingerprint density at radius 3 is 2.74 bits per heavy atom. The summed E-state index contributed by atoms with van der Waals surface area (Å²) in [6.45, 7) is 3.58. The number of nitrogens with zero attached hydrogens (tertiary/aromatic N) is 3. The summed E-state index contributed by atoms with van der Waals surface area (Å²) < 4.78 is 0. The van der Waals surface area contributed by atoms with Crippen molar-refractivity contribution in [3.05, 3.63) is 35.4 Å². The number of carbonyl (C=O) groups is 1. The van der Waals surface area contributed by atoms with Crippen LogP contribution in [0.2, 0.25) is 5.02 Å². The zero-order valence-electron chi connectivity index (χ0n) is 13.6. The number of nitrogens with one attached hydrogen (secondary N) is 1. The highest BCUT2D eigenvalue weighted by Crippen LogP contribution is 2.32. The average molecular weight is 335 g/mol. The maximum Gasteiger partial charge on any atom is 0.321 e. The van der Waals surface area contributed by atoms with Crippen LogP contribution in [0.5, 0.6) is 0 Å². The second kappa shape index (κ2) is 6.81. The van der Waals surface area contributed by atoms with Crippen molar-refractivity contribution in [1.29, 1.82) is 0 Å². The Balaban J connectivity index is 1.65. The molecule has 2 amide bonds. The Morgan fingerprint density at radius 1 is 1.30 bits per heavy atom. The third-order valence-electron chi connectivity index (χ3n) is 4.49. The van der Waals surface area contributed by atoms with Gasteiger partial charge in [-0.05, 0) is 18.6 Å². The standard InChI is InChI=1S/C17H23ClN4O/c1-20(2)16-14(18)6-5-7-15(16)19-17(23)22-11-8-13(12-22)21-9-3-4-10-21/h3-7,13H,8-12H2,1-2H3,(H,19,23). The quantitative estimate of drug-likeness (QED) is 0.864. The van der Waals surface area contributed by atoms with Crippen molar-refractivity contribution in [3.63, 3.8) is 0 Å². The molecule has 0 aromatic heterocycles. The number of hydrogen-bond donors (Lipinski definition) is 1. The molecule has 5 nitrogen and oxygen atoms in total. The molecular formula is C17H23ClN4O. The summed E-state index contributed by atoms with van der Waals surface area (Å²) in [4.78, 5) is 18.8. The molecule has 2 aliphatic heterocycles. The number of benzene rings is 1. The van der Waals surface area contributed by atoms with Gasteiger partial charge in [0.15, 0.2) is 0 Å². The molecule has 1 unspecified atom stereocenters. The molecular weight excluding hydrogens is 312 g/mol. The molecule has 0 saturated carbocycles. The predicted octanol–water partition coefficient (Wildman–Crippen LogP) is 2.88. The van der Waals surface area contributed by atoms with Crippen molar-refractivity contribution >= 4 is 29.0 Å². The Kier molecular flexibility index (Phi) is 4.78. The molecule has 6 heteroatoms. The van der Waals surface area contributed by atoms with E-state index < -0.39 is 0 Å². The molecule has 0 radical (unpaired) electrons. The largest absolute Gasteiger partial charge is 0.375 e. The number of rotatable bonds is 3. The van der Waals surface area contributed by atoms with Crippen molar-refractivity contribution < 1.29 is 4.79 Å². The van der Waals surface area contributed by atoms with Crippen LogP contribution in [0.3, 0.4) is 0 Å². The molecule has 2 heterocycles. The van der Waals surface area contributed by atoms with Gasteiger partial charge in [-0.1, -0.05) is 29.8 Å². The van der Waals surface area contributed by atoms with Crippen LogP contribution in [0.1, 0.15) is 6.42 Å². The first-order valence-corrected chi connectivity index (χ1v) is 8.35. The lowest BCUT2D eigenvalue weighted by Crippen LogP contribution is -2.39. The zero-order chi connectivity index (χ0) is 16.4. The summed E-state index contributed by atoms with van der Waals surface area (Å²) >= 11 is 6.26. The summed E-state index contributed by atoms with van der Waals surface area (Å²) in [5.41, 5.74) is 1.58. The summed E-state index contributed by atoms with van der Waals surface area (Å²) in [7, 11) is 3.84. The van der Waals surface area contributed by atoms with Gasteiger partial charge in [0.05, 0.1) is 16.4 Å². The lowest BCUT2D eigenvalue weighted by Gasteiger charge is -2.25. The summed E-state index contributed by atoms with van der Waals surface area (Å²) in [5.74, 6) is 0. The Labute approximate surface area is 142 Å². The highest BCUT2D eigenvalue weighted by atomic mass is 35.5. The van der Waals surface area contributed by atoms with E-state index in [1.165, 1.54) is 0 Å². The van der Waals surface area contributed by atoms with Gasteiger partial charge < -0.3 is 15.1 Å². The minimum atomic E-state index is -0.0509. The van der Waals surface area contributed by atoms with Gasteiger partial charge in [0.25, 0.3) is 0 Å². The number of likely N-dealkylation sites (tertiary alicyclic amines) is 1. The first kappa shape index (κ1) is 16.1. The fourth-order valence-electron chi connectivity index (χ4n) is 3.28. The minimum absolute atomic E-state index is 0.0509. The topological polar surface area (TPSA) is 38.8 Å². The van der Waals surface area contributed by atoms with Gasteiger partial charge in [-0.15, -0.1) is 0 Å². The average Bonchev–Trinajstić information content (AvgIpc) is 3.18. The van der Waals surface area contributed by atoms with Gasteiger partial charge in [0, 0.05) is 46.3 Å². The number of urea groups is 1. The molecule has 124 valence electrons. The van der Waals surface area contributed by atoms with E-state index in [0.29, 0.717) is 11.1 Å². The summed E-state index contributed by atoms with van der Waals surface area (Å²) in [5, 5.41) is 3.65. The monoisotopic (exact) mass is 334 g/mol. The molecule has 23 heavy (non-hydrogen) atoms. The molecule has 0 spiro atoms. The first-order chi connectivity index (χ1) is 11.1. The molecule has 1 atom stereocenters. The van der Waals surface area contributed by atoms with E-state index in [9.17, 15) is 4.79 Å². The van der Waals surface area contributed by atoms with Crippen LogP contribution in [0.4, 0.5) is 16.2 Å². The molecule has 1 N–H and O–H groups in total. The van der Waals surface area contributed by atoms with Crippen LogP contribution in [0.25, 0.3) is 0 Å². The van der Waals surface area contributed by atoms with Crippen LogP contribution < -0.4 is 10.2 Å². The van der Waals surface area contributed by atoms with Gasteiger partial charge in [0.1, 0.15) is 0 Å². The normalized spacial score (nSPS) is 21.0. The van der Waals surface area contributed by atoms with E-state index in [0.717, 1.165) is 44.0 Å². The molecule has 1 fully saturated rings. The van der Waals surface area contributed by atoms with Gasteiger partial charge in [0.2, 0.25) is 0 Å². The third kappa shape index (κ3) is 3.46. The van der Waals surface area contributed by atoms with Gasteiger partial charge in [-0.3, -0.25) is 4.90 Å². The Morgan fingerprint density at radius 2 is 2.04 bits per heavy atom. The number of anilines is 2. The minimum Gasteiger partial charge on any atom is -0.375 e. The fraction of sp³-hybridized carbons (Fsp3) is 0.471. The molecule has 2 aliphatic rings. The number of para-hydroxylation sites is 1. The number of halogens is 1. The number of carbonyl (C=O) groups excluding carboxylic acids is 1. The van der Waals surface area contributed by atoms with Crippen LogP contribution in [-0.4, -0.2) is 62.1 Å². The lowest BCUT2D eigenvalue weighted by molar-refractivity contribution is 0.212. The molecule has 1 aromatic rings. The predicted molar refractivity (Wildman–Crippen MR) is 95.5 cm³/mol. The Hall–Kier alpha value is -1.72. The van der Waals surface area contributed by atoms with Gasteiger partial charge in [-0.25, -0.2) is 4.79 Å². The number of amides is 2. The maximum atomic E-state index is 12.6. The zero-order valence-corrected chi connectivity index (χ0v) is 14.4. The van der Waals surface area contributed by atoms with E-state index in [1.807, 2.05) is 42.1 Å². The van der Waals surface area contributed by atoms with Crippen molar-refractivity contribution in [2.45, 2.75) is 12.5 Å². The van der Waals surface area contributed by atoms with Crippen LogP contribution in [0.15, 0.2) is 30.4 Å². The fourth-order valence-corrected chi connectivity index (χ4v) is 3.63. The molecule has 3 rings (SSSR count). The molecule has 0 bridgehead atoms. The lowest BCUT2D eigenvalue weighted by atomic mass is 10.2. The maximum absolute atomic E-state index is 12.6. The van der Waals surface area contributed by atoms with Gasteiger partial charge >= 0.3 is 6.03 Å². The van der Waals surface area contributed by atoms with Crippen molar-refractivity contribution in [1.82, 2.24) is 9.80 Å². The SMILES string of the molecule is CN(C)c1c(Cl)cccc1NC(=O)N1CCC(N2CC=CC2)C1. The summed E-state index contributed by atoms with van der Waals surface area (Å²) in [6.07, 6.45) is 5.42. The van der Waals surface area contributed by atoms with Crippen molar-refractivity contribution in [3.8, 4) is 0 Å². The van der Waals surface area contributed by atoms with Crippen molar-refractivity contribution in [2.24, 2.45) is 0 Å². The molecule has 1 saturated heterocycles. The van der Waals surface area contributed by atoms with Crippen LogP contribution in [-0.2, 0) is 0 Å². The van der Waals surface area contributed by atoms with Gasteiger partial charge in [-0.2, -0.15) is 0 Å². The summed E-state index contributed by atoms with van der Waals surface area (Å²) in [6, 6.07) is 5.98. The Bertz CT molecular complexity index is 609. The molecule has 1 aromatic carbocycles. The van der Waals surface area contributed by atoms with E-state index in [-0.39, 0.29) is 6.03 Å². The van der Waals surface area contributed by atoms with Crippen LogP contribution in [0, 0.1) is 0 Å². The van der Waals surface area contributed by atoms with Crippen LogP contribution >= 0.6 is 11.6 Å². The second-order valence-electron chi connectivity index (χ2n) is 6.27.